The van der Waals surface area contributed by atoms with Gasteiger partial charge in [0.25, 0.3) is 0 Å². The second-order valence-electron chi connectivity index (χ2n) is 2.29. The molecule has 0 radical (unpaired) electrons. The van der Waals surface area contributed by atoms with E-state index in [1.54, 1.807) is 13.8 Å². The van der Waals surface area contributed by atoms with E-state index in [1.807, 2.05) is 0 Å². The molecule has 0 saturated heterocycles. The van der Waals surface area contributed by atoms with Crippen LogP contribution in [-0.4, -0.2) is 32.3 Å². The lowest BCUT2D eigenvalue weighted by molar-refractivity contribution is -0.144. The van der Waals surface area contributed by atoms with Crippen LogP contribution in [0.2, 0.25) is 0 Å². The Morgan fingerprint density at radius 1 is 1.07 bits per heavy atom. The summed E-state index contributed by atoms with van der Waals surface area (Å²) in [6.07, 6.45) is 0. The van der Waals surface area contributed by atoms with Crippen LogP contribution in [-0.2, 0) is 23.8 Å². The van der Waals surface area contributed by atoms with E-state index < -0.39 is 11.9 Å². The summed E-state index contributed by atoms with van der Waals surface area (Å²) in [5.74, 6) is -1.57. The lowest BCUT2D eigenvalue weighted by Gasteiger charge is -2.07. The summed E-state index contributed by atoms with van der Waals surface area (Å²) < 4.78 is 14.0. The van der Waals surface area contributed by atoms with Gasteiger partial charge in [-0.25, -0.2) is 9.59 Å². The summed E-state index contributed by atoms with van der Waals surface area (Å²) in [6.45, 7) is 3.74. The quantitative estimate of drug-likeness (QED) is 0.432. The van der Waals surface area contributed by atoms with Gasteiger partial charge < -0.3 is 14.2 Å². The van der Waals surface area contributed by atoms with Gasteiger partial charge in [0.05, 0.1) is 20.3 Å². The minimum Gasteiger partial charge on any atom is -0.489 e. The minimum atomic E-state index is -0.708. The highest BCUT2D eigenvalue weighted by Crippen LogP contribution is 2.16. The third-order valence-corrected chi connectivity index (χ3v) is 2.00. The Balaban J connectivity index is 4.80. The number of ether oxygens (including phenoxy) is 3. The van der Waals surface area contributed by atoms with Crippen molar-refractivity contribution in [3.63, 3.8) is 0 Å². The highest BCUT2D eigenvalue weighted by Gasteiger charge is 2.21. The number of carbonyl (C=O) groups is 2. The number of rotatable bonds is 5. The van der Waals surface area contributed by atoms with Gasteiger partial charge in [0.1, 0.15) is 0 Å². The zero-order valence-corrected chi connectivity index (χ0v) is 10.4. The van der Waals surface area contributed by atoms with Gasteiger partial charge >= 0.3 is 11.9 Å². The van der Waals surface area contributed by atoms with Crippen LogP contribution in [0.15, 0.2) is 10.2 Å². The van der Waals surface area contributed by atoms with E-state index in [0.29, 0.717) is 0 Å². The zero-order chi connectivity index (χ0) is 11.8. The van der Waals surface area contributed by atoms with Gasteiger partial charge in [0, 0.05) is 0 Å². The Morgan fingerprint density at radius 3 is 1.93 bits per heavy atom. The molecule has 0 fully saturated rings. The fourth-order valence-electron chi connectivity index (χ4n) is 0.746. The molecule has 0 aliphatic carbocycles. The smallest absolute Gasteiger partial charge is 0.375 e. The fourth-order valence-corrected chi connectivity index (χ4v) is 1.18. The summed E-state index contributed by atoms with van der Waals surface area (Å²) in [5.41, 5.74) is 0. The van der Waals surface area contributed by atoms with Crippen molar-refractivity contribution in [1.82, 2.24) is 0 Å². The minimum absolute atomic E-state index is 0.0784. The van der Waals surface area contributed by atoms with E-state index >= 15 is 0 Å². The van der Waals surface area contributed by atoms with E-state index in [1.165, 1.54) is 7.11 Å². The van der Waals surface area contributed by atoms with E-state index in [-0.39, 0.29) is 23.5 Å². The molecule has 15 heavy (non-hydrogen) atoms. The number of hydrogen-bond donors (Lipinski definition) is 0. The maximum Gasteiger partial charge on any atom is 0.375 e. The highest BCUT2D eigenvalue weighted by molar-refractivity contribution is 9.12. The Morgan fingerprint density at radius 2 is 1.53 bits per heavy atom. The lowest BCUT2D eigenvalue weighted by atomic mass is 10.4. The molecule has 0 aliphatic heterocycles. The van der Waals surface area contributed by atoms with Crippen LogP contribution in [0.5, 0.6) is 0 Å². The Kier molecular flexibility index (Phi) is 6.77. The molecule has 0 saturated carbocycles. The fraction of sp³-hybridized carbons (Fsp3) is 0.556. The molecule has 0 N–H and O–H groups in total. The highest BCUT2D eigenvalue weighted by atomic mass is 79.9. The summed E-state index contributed by atoms with van der Waals surface area (Å²) in [6, 6.07) is 0. The van der Waals surface area contributed by atoms with E-state index in [9.17, 15) is 9.59 Å². The molecule has 0 spiro atoms. The molecule has 0 aromatic heterocycles. The summed E-state index contributed by atoms with van der Waals surface area (Å²) in [5, 5.41) is 0. The Hall–Kier alpha value is -1.04. The van der Waals surface area contributed by atoms with Gasteiger partial charge in [-0.3, -0.25) is 0 Å². The first-order valence-electron chi connectivity index (χ1n) is 4.36. The van der Waals surface area contributed by atoms with Crippen molar-refractivity contribution < 1.29 is 23.8 Å². The summed E-state index contributed by atoms with van der Waals surface area (Å²) in [4.78, 5) is 22.5. The van der Waals surface area contributed by atoms with Gasteiger partial charge in [0.2, 0.25) is 5.76 Å². The molecule has 0 atom stereocenters. The normalized spacial score (nSPS) is 11.5. The molecular weight excluding hydrogens is 268 g/mol. The van der Waals surface area contributed by atoms with Crippen molar-refractivity contribution in [3.8, 4) is 0 Å². The van der Waals surface area contributed by atoms with Gasteiger partial charge in [-0.1, -0.05) is 0 Å². The predicted molar refractivity (Wildman–Crippen MR) is 56.2 cm³/mol. The standard InChI is InChI=1S/C9H13BrO5/c1-4-14-8(11)6(10)7(13-3)9(12)15-5-2/h4-5H2,1-3H3/b7-6-. The second-order valence-corrected chi connectivity index (χ2v) is 3.08. The molecule has 6 heteroatoms. The molecule has 86 valence electrons. The predicted octanol–water partition coefficient (Wildman–Crippen LogP) is 1.37. The van der Waals surface area contributed by atoms with Crippen LogP contribution < -0.4 is 0 Å². The second kappa shape index (κ2) is 7.28. The summed E-state index contributed by atoms with van der Waals surface area (Å²) in [7, 11) is 1.27. The van der Waals surface area contributed by atoms with Gasteiger partial charge in [-0.15, -0.1) is 0 Å². The topological polar surface area (TPSA) is 61.8 Å². The van der Waals surface area contributed by atoms with Crippen LogP contribution >= 0.6 is 15.9 Å². The maximum absolute atomic E-state index is 11.3. The number of hydrogen-bond acceptors (Lipinski definition) is 5. The van der Waals surface area contributed by atoms with Crippen LogP contribution in [0.3, 0.4) is 0 Å². The molecule has 0 aliphatic rings. The summed E-state index contributed by atoms with van der Waals surface area (Å²) >= 11 is 2.92. The number of halogens is 1. The zero-order valence-electron chi connectivity index (χ0n) is 8.83. The molecule has 0 aromatic carbocycles. The molecule has 0 heterocycles. The largest absolute Gasteiger partial charge is 0.489 e. The van der Waals surface area contributed by atoms with E-state index in [4.69, 9.17) is 4.74 Å². The molecule has 0 aromatic rings. The molecule has 5 nitrogen and oxygen atoms in total. The van der Waals surface area contributed by atoms with Crippen molar-refractivity contribution in [2.24, 2.45) is 0 Å². The van der Waals surface area contributed by atoms with E-state index in [2.05, 4.69) is 25.4 Å². The van der Waals surface area contributed by atoms with E-state index in [0.717, 1.165) is 0 Å². The lowest BCUT2D eigenvalue weighted by Crippen LogP contribution is -2.15. The van der Waals surface area contributed by atoms with Crippen LogP contribution in [0.1, 0.15) is 13.8 Å². The monoisotopic (exact) mass is 280 g/mol. The average molecular weight is 281 g/mol. The van der Waals surface area contributed by atoms with Gasteiger partial charge in [-0.05, 0) is 29.8 Å². The first-order valence-corrected chi connectivity index (χ1v) is 5.15. The van der Waals surface area contributed by atoms with Crippen molar-refractivity contribution in [3.05, 3.63) is 10.2 Å². The van der Waals surface area contributed by atoms with Crippen LogP contribution in [0, 0.1) is 0 Å². The first kappa shape index (κ1) is 14.0. The van der Waals surface area contributed by atoms with Crippen LogP contribution in [0.25, 0.3) is 0 Å². The van der Waals surface area contributed by atoms with Crippen LogP contribution in [0.4, 0.5) is 0 Å². The number of carbonyl (C=O) groups excluding carboxylic acids is 2. The number of methoxy groups -OCH3 is 1. The third-order valence-electron chi connectivity index (χ3n) is 1.32. The number of esters is 2. The molecule has 0 unspecified atom stereocenters. The Bertz CT molecular complexity index is 272. The van der Waals surface area contributed by atoms with Gasteiger partial charge in [0.15, 0.2) is 4.48 Å². The molecule has 0 bridgehead atoms. The van der Waals surface area contributed by atoms with Crippen molar-refractivity contribution in [2.45, 2.75) is 13.8 Å². The van der Waals surface area contributed by atoms with Crippen molar-refractivity contribution in [2.75, 3.05) is 20.3 Å². The molecule has 0 amide bonds. The van der Waals surface area contributed by atoms with Gasteiger partial charge in [-0.2, -0.15) is 0 Å². The average Bonchev–Trinajstić information content (AvgIpc) is 2.19. The first-order chi connectivity index (χ1) is 7.08. The SMILES string of the molecule is CCOC(=O)/C(Br)=C(/OC)C(=O)OCC. The van der Waals surface area contributed by atoms with Crippen molar-refractivity contribution >= 4 is 27.9 Å². The van der Waals surface area contributed by atoms with Crippen molar-refractivity contribution in [1.29, 1.82) is 0 Å². The molecule has 0 rings (SSSR count). The third kappa shape index (κ3) is 4.33. The Labute approximate surface area is 96.5 Å². The molecular formula is C9H13BrO5. The maximum atomic E-state index is 11.3.